The molecule has 1 aromatic carbocycles. The van der Waals surface area contributed by atoms with E-state index in [9.17, 15) is 9.50 Å². The molecule has 0 spiro atoms. The molecule has 0 saturated carbocycles. The van der Waals surface area contributed by atoms with E-state index < -0.39 is 17.0 Å². The molecule has 0 aliphatic heterocycles. The number of rotatable bonds is 3. The number of phenols is 1. The number of halogens is 1. The average Bonchev–Trinajstić information content (AvgIpc) is 2.21. The standard InChI is InChI=1S/C11H15FO3/c1-11(2,6-13)7-4-8(12)10(14)9(5-7)15-3/h4-5,13-14H,6H2,1-3H3. The Kier molecular flexibility index (Phi) is 3.19. The van der Waals surface area contributed by atoms with E-state index >= 15 is 0 Å². The van der Waals surface area contributed by atoms with E-state index in [0.29, 0.717) is 5.56 Å². The Morgan fingerprint density at radius 3 is 2.47 bits per heavy atom. The number of aromatic hydroxyl groups is 1. The highest BCUT2D eigenvalue weighted by atomic mass is 19.1. The lowest BCUT2D eigenvalue weighted by molar-refractivity contribution is 0.217. The van der Waals surface area contributed by atoms with Gasteiger partial charge in [-0.2, -0.15) is 0 Å². The largest absolute Gasteiger partial charge is 0.502 e. The molecule has 2 N–H and O–H groups in total. The molecule has 0 unspecified atom stereocenters. The Labute approximate surface area is 88.1 Å². The molecule has 0 bridgehead atoms. The molecule has 4 heteroatoms. The van der Waals surface area contributed by atoms with Crippen molar-refractivity contribution in [2.75, 3.05) is 13.7 Å². The molecule has 0 aromatic heterocycles. The molecule has 0 aliphatic carbocycles. The van der Waals surface area contributed by atoms with Crippen LogP contribution in [0.5, 0.6) is 11.5 Å². The van der Waals surface area contributed by atoms with Gasteiger partial charge in [0.05, 0.1) is 13.7 Å². The number of hydrogen-bond acceptors (Lipinski definition) is 3. The van der Waals surface area contributed by atoms with Gasteiger partial charge in [0.1, 0.15) is 0 Å². The van der Waals surface area contributed by atoms with Crippen molar-refractivity contribution in [3.8, 4) is 11.5 Å². The first-order chi connectivity index (χ1) is 6.92. The van der Waals surface area contributed by atoms with Crippen LogP contribution in [0.3, 0.4) is 0 Å². The molecule has 1 rings (SSSR count). The van der Waals surface area contributed by atoms with Gasteiger partial charge in [0.15, 0.2) is 17.3 Å². The van der Waals surface area contributed by atoms with Crippen molar-refractivity contribution >= 4 is 0 Å². The van der Waals surface area contributed by atoms with Gasteiger partial charge in [0.25, 0.3) is 0 Å². The van der Waals surface area contributed by atoms with Crippen LogP contribution >= 0.6 is 0 Å². The number of methoxy groups -OCH3 is 1. The first-order valence-corrected chi connectivity index (χ1v) is 4.60. The summed E-state index contributed by atoms with van der Waals surface area (Å²) in [5.74, 6) is -1.17. The maximum Gasteiger partial charge on any atom is 0.194 e. The molecule has 0 heterocycles. The van der Waals surface area contributed by atoms with Crippen LogP contribution in [0.15, 0.2) is 12.1 Å². The highest BCUT2D eigenvalue weighted by molar-refractivity contribution is 5.45. The summed E-state index contributed by atoms with van der Waals surface area (Å²) >= 11 is 0. The fraction of sp³-hybridized carbons (Fsp3) is 0.455. The fourth-order valence-electron chi connectivity index (χ4n) is 1.21. The van der Waals surface area contributed by atoms with Crippen LogP contribution in [-0.2, 0) is 5.41 Å². The van der Waals surface area contributed by atoms with Crippen molar-refractivity contribution in [3.05, 3.63) is 23.5 Å². The molecule has 0 fully saturated rings. The predicted molar refractivity (Wildman–Crippen MR) is 54.7 cm³/mol. The molecule has 84 valence electrons. The average molecular weight is 214 g/mol. The van der Waals surface area contributed by atoms with Gasteiger partial charge in [-0.3, -0.25) is 0 Å². The van der Waals surface area contributed by atoms with Gasteiger partial charge >= 0.3 is 0 Å². The van der Waals surface area contributed by atoms with Crippen LogP contribution in [0.2, 0.25) is 0 Å². The highest BCUT2D eigenvalue weighted by Gasteiger charge is 2.23. The van der Waals surface area contributed by atoms with Crippen molar-refractivity contribution < 1.29 is 19.3 Å². The molecule has 0 saturated heterocycles. The molecule has 1 aromatic rings. The van der Waals surface area contributed by atoms with E-state index in [1.807, 2.05) is 0 Å². The molecular weight excluding hydrogens is 199 g/mol. The molecule has 15 heavy (non-hydrogen) atoms. The van der Waals surface area contributed by atoms with E-state index in [1.54, 1.807) is 13.8 Å². The van der Waals surface area contributed by atoms with Crippen LogP contribution in [0.4, 0.5) is 4.39 Å². The fourth-order valence-corrected chi connectivity index (χ4v) is 1.21. The number of benzene rings is 1. The number of hydrogen-bond donors (Lipinski definition) is 2. The Hall–Kier alpha value is -1.29. The second kappa shape index (κ2) is 4.06. The molecule has 3 nitrogen and oxygen atoms in total. The summed E-state index contributed by atoms with van der Waals surface area (Å²) in [6.45, 7) is 3.44. The smallest absolute Gasteiger partial charge is 0.194 e. The lowest BCUT2D eigenvalue weighted by atomic mass is 9.85. The van der Waals surface area contributed by atoms with Gasteiger partial charge in [-0.25, -0.2) is 4.39 Å². The molecule has 0 atom stereocenters. The van der Waals surface area contributed by atoms with E-state index in [-0.39, 0.29) is 12.4 Å². The van der Waals surface area contributed by atoms with Crippen molar-refractivity contribution in [3.63, 3.8) is 0 Å². The number of phenolic OH excluding ortho intramolecular Hbond substituents is 1. The SMILES string of the molecule is COc1cc(C(C)(C)CO)cc(F)c1O. The monoisotopic (exact) mass is 214 g/mol. The van der Waals surface area contributed by atoms with Crippen LogP contribution in [-0.4, -0.2) is 23.9 Å². The zero-order valence-corrected chi connectivity index (χ0v) is 9.04. The predicted octanol–water partition coefficient (Wildman–Crippen LogP) is 1.81. The van der Waals surface area contributed by atoms with Gasteiger partial charge in [-0.05, 0) is 17.7 Å². The summed E-state index contributed by atoms with van der Waals surface area (Å²) < 4.78 is 18.1. The second-order valence-electron chi connectivity index (χ2n) is 4.05. The Balaban J connectivity index is 3.28. The minimum absolute atomic E-state index is 0.0755. The van der Waals surface area contributed by atoms with Crippen LogP contribution in [0.1, 0.15) is 19.4 Å². The Bertz CT molecular complexity index is 361. The zero-order chi connectivity index (χ0) is 11.6. The molecule has 0 aliphatic rings. The maximum atomic E-state index is 13.3. The zero-order valence-electron chi connectivity index (χ0n) is 9.04. The first kappa shape index (κ1) is 11.8. The van der Waals surface area contributed by atoms with E-state index in [0.717, 1.165) is 0 Å². The van der Waals surface area contributed by atoms with E-state index in [4.69, 9.17) is 9.84 Å². The first-order valence-electron chi connectivity index (χ1n) is 4.60. The van der Waals surface area contributed by atoms with Gasteiger partial charge in [0, 0.05) is 5.41 Å². The second-order valence-corrected chi connectivity index (χ2v) is 4.05. The highest BCUT2D eigenvalue weighted by Crippen LogP contribution is 2.34. The summed E-state index contributed by atoms with van der Waals surface area (Å²) in [5, 5.41) is 18.4. The van der Waals surface area contributed by atoms with Crippen LogP contribution in [0.25, 0.3) is 0 Å². The van der Waals surface area contributed by atoms with Gasteiger partial charge in [0.2, 0.25) is 0 Å². The van der Waals surface area contributed by atoms with Gasteiger partial charge in [-0.1, -0.05) is 13.8 Å². The summed E-state index contributed by atoms with van der Waals surface area (Å²) in [7, 11) is 1.35. The third kappa shape index (κ3) is 2.21. The molecular formula is C11H15FO3. The Morgan fingerprint density at radius 1 is 1.40 bits per heavy atom. The normalized spacial score (nSPS) is 11.5. The van der Waals surface area contributed by atoms with Crippen molar-refractivity contribution in [2.24, 2.45) is 0 Å². The number of aliphatic hydroxyl groups excluding tert-OH is 1. The minimum atomic E-state index is -0.745. The number of ether oxygens (including phenoxy) is 1. The third-order valence-corrected chi connectivity index (χ3v) is 2.43. The van der Waals surface area contributed by atoms with Crippen molar-refractivity contribution in [1.29, 1.82) is 0 Å². The summed E-state index contributed by atoms with van der Waals surface area (Å²) in [6.07, 6.45) is 0. The third-order valence-electron chi connectivity index (χ3n) is 2.43. The lowest BCUT2D eigenvalue weighted by Gasteiger charge is -2.23. The van der Waals surface area contributed by atoms with Gasteiger partial charge < -0.3 is 14.9 Å². The quantitative estimate of drug-likeness (QED) is 0.806. The molecule has 0 amide bonds. The van der Waals surface area contributed by atoms with E-state index in [2.05, 4.69) is 0 Å². The van der Waals surface area contributed by atoms with E-state index in [1.165, 1.54) is 19.2 Å². The summed E-state index contributed by atoms with van der Waals surface area (Å²) in [5.41, 5.74) is 0.0131. The number of aliphatic hydroxyl groups is 1. The maximum absolute atomic E-state index is 13.3. The summed E-state index contributed by atoms with van der Waals surface area (Å²) in [6, 6.07) is 2.72. The topological polar surface area (TPSA) is 49.7 Å². The van der Waals surface area contributed by atoms with Crippen LogP contribution in [0, 0.1) is 5.82 Å². The van der Waals surface area contributed by atoms with Crippen LogP contribution < -0.4 is 4.74 Å². The molecule has 0 radical (unpaired) electrons. The van der Waals surface area contributed by atoms with Gasteiger partial charge in [-0.15, -0.1) is 0 Å². The summed E-state index contributed by atoms with van der Waals surface area (Å²) in [4.78, 5) is 0. The Morgan fingerprint density at radius 2 is 2.00 bits per heavy atom. The minimum Gasteiger partial charge on any atom is -0.502 e. The lowest BCUT2D eigenvalue weighted by Crippen LogP contribution is -2.22. The van der Waals surface area contributed by atoms with Crippen molar-refractivity contribution in [1.82, 2.24) is 0 Å². The van der Waals surface area contributed by atoms with Crippen molar-refractivity contribution in [2.45, 2.75) is 19.3 Å².